The number of hydrogen-bond donors (Lipinski definition) is 0. The Hall–Kier alpha value is -2.60. The van der Waals surface area contributed by atoms with Crippen molar-refractivity contribution in [2.24, 2.45) is 0 Å². The van der Waals surface area contributed by atoms with E-state index < -0.39 is 0 Å². The molecular weight excluding hydrogens is 240 g/mol. The molecule has 0 amide bonds. The summed E-state index contributed by atoms with van der Waals surface area (Å²) in [6.07, 6.45) is 1.91. The van der Waals surface area contributed by atoms with Crippen LogP contribution in [0.1, 0.15) is 5.56 Å². The third kappa shape index (κ3) is 1.55. The maximum absolute atomic E-state index is 3.88. The van der Waals surface area contributed by atoms with Gasteiger partial charge in [-0.25, -0.2) is 0 Å². The monoisotopic (exact) mass is 254 g/mol. The summed E-state index contributed by atoms with van der Waals surface area (Å²) in [4.78, 5) is 0. The molecule has 0 heterocycles. The molecule has 4 rings (SSSR count). The highest BCUT2D eigenvalue weighted by atomic mass is 14.1. The fraction of sp³-hybridized carbons (Fsp3) is 0. The molecule has 0 saturated carbocycles. The van der Waals surface area contributed by atoms with Gasteiger partial charge in [-0.1, -0.05) is 73.3 Å². The molecule has 0 N–H and O–H groups in total. The normalized spacial score (nSPS) is 11.2. The van der Waals surface area contributed by atoms with Gasteiger partial charge in [0.25, 0.3) is 0 Å². The first-order chi connectivity index (χ1) is 9.86. The largest absolute Gasteiger partial charge is 0.0985 e. The average molecular weight is 254 g/mol. The van der Waals surface area contributed by atoms with Crippen molar-refractivity contribution < 1.29 is 0 Å². The first kappa shape index (κ1) is 11.2. The molecule has 4 aromatic carbocycles. The van der Waals surface area contributed by atoms with Crippen LogP contribution in [0, 0.1) is 0 Å². The van der Waals surface area contributed by atoms with Crippen LogP contribution in [0.4, 0.5) is 0 Å². The molecule has 4 aromatic rings. The van der Waals surface area contributed by atoms with Gasteiger partial charge in [-0.3, -0.25) is 0 Å². The Labute approximate surface area is 118 Å². The van der Waals surface area contributed by atoms with E-state index in [0.29, 0.717) is 0 Å². The molecule has 0 nitrogen and oxygen atoms in total. The van der Waals surface area contributed by atoms with Gasteiger partial charge in [0.05, 0.1) is 0 Å². The van der Waals surface area contributed by atoms with Crippen LogP contribution < -0.4 is 0 Å². The van der Waals surface area contributed by atoms with Crippen molar-refractivity contribution in [2.75, 3.05) is 0 Å². The molecule has 0 aliphatic heterocycles. The molecule has 0 saturated heterocycles. The minimum Gasteiger partial charge on any atom is -0.0985 e. The molecule has 0 bridgehead atoms. The summed E-state index contributed by atoms with van der Waals surface area (Å²) >= 11 is 0. The smallest absolute Gasteiger partial charge is 0.00266 e. The molecule has 0 unspecified atom stereocenters. The van der Waals surface area contributed by atoms with Crippen LogP contribution in [0.2, 0.25) is 0 Å². The highest BCUT2D eigenvalue weighted by Crippen LogP contribution is 2.32. The van der Waals surface area contributed by atoms with Crippen LogP contribution in [0.25, 0.3) is 38.4 Å². The van der Waals surface area contributed by atoms with Crippen LogP contribution in [0.5, 0.6) is 0 Å². The second kappa shape index (κ2) is 4.21. The molecule has 0 aromatic heterocycles. The number of benzene rings is 4. The van der Waals surface area contributed by atoms with Crippen molar-refractivity contribution in [1.82, 2.24) is 0 Å². The Morgan fingerprint density at radius 2 is 1.30 bits per heavy atom. The Balaban J connectivity index is 2.32. The highest BCUT2D eigenvalue weighted by molar-refractivity contribution is 6.20. The van der Waals surface area contributed by atoms with Crippen molar-refractivity contribution in [3.63, 3.8) is 0 Å². The lowest BCUT2D eigenvalue weighted by Gasteiger charge is -2.08. The lowest BCUT2D eigenvalue weighted by molar-refractivity contribution is 1.74. The molecular formula is C20H14. The maximum Gasteiger partial charge on any atom is -0.00266 e. The second-order valence-corrected chi connectivity index (χ2v) is 5.14. The van der Waals surface area contributed by atoms with Gasteiger partial charge in [0, 0.05) is 0 Å². The Bertz CT molecular complexity index is 956. The second-order valence-electron chi connectivity index (χ2n) is 5.14. The molecule has 0 aliphatic rings. The number of fused-ring (bicyclic) bond motifs is 5. The third-order valence-corrected chi connectivity index (χ3v) is 3.99. The van der Waals surface area contributed by atoms with Gasteiger partial charge in [0.2, 0.25) is 0 Å². The van der Waals surface area contributed by atoms with E-state index in [-0.39, 0.29) is 0 Å². The van der Waals surface area contributed by atoms with E-state index in [2.05, 4.69) is 73.3 Å². The van der Waals surface area contributed by atoms with Crippen molar-refractivity contribution in [2.45, 2.75) is 0 Å². The SMILES string of the molecule is C=Cc1ccc2ccc3ccc4ccccc4c3c2c1. The zero-order valence-electron chi connectivity index (χ0n) is 11.1. The minimum atomic E-state index is 1.16. The van der Waals surface area contributed by atoms with Gasteiger partial charge in [0.1, 0.15) is 0 Å². The standard InChI is InChI=1S/C20H14/c1-2-14-7-8-16-10-12-17-11-9-15-5-3-4-6-18(15)20(17)19(16)13-14/h2-13H,1H2. The van der Waals surface area contributed by atoms with Crippen LogP contribution in [0.3, 0.4) is 0 Å². The molecule has 0 radical (unpaired) electrons. The molecule has 0 heteroatoms. The number of rotatable bonds is 1. The summed E-state index contributed by atoms with van der Waals surface area (Å²) in [5.41, 5.74) is 1.16. The van der Waals surface area contributed by atoms with E-state index in [0.717, 1.165) is 5.56 Å². The summed E-state index contributed by atoms with van der Waals surface area (Å²) in [5, 5.41) is 7.81. The van der Waals surface area contributed by atoms with Crippen LogP contribution in [-0.2, 0) is 0 Å². The van der Waals surface area contributed by atoms with Gasteiger partial charge >= 0.3 is 0 Å². The molecule has 0 fully saturated rings. The van der Waals surface area contributed by atoms with Gasteiger partial charge in [-0.2, -0.15) is 0 Å². The predicted molar refractivity (Wildman–Crippen MR) is 89.1 cm³/mol. The quantitative estimate of drug-likeness (QED) is 0.377. The molecule has 20 heavy (non-hydrogen) atoms. The van der Waals surface area contributed by atoms with E-state index in [1.807, 2.05) is 6.08 Å². The van der Waals surface area contributed by atoms with Crippen LogP contribution in [-0.4, -0.2) is 0 Å². The van der Waals surface area contributed by atoms with Gasteiger partial charge in [-0.05, 0) is 43.9 Å². The van der Waals surface area contributed by atoms with Crippen LogP contribution in [0.15, 0.2) is 73.3 Å². The van der Waals surface area contributed by atoms with E-state index >= 15 is 0 Å². The first-order valence-corrected chi connectivity index (χ1v) is 6.83. The Kier molecular flexibility index (Phi) is 2.37. The highest BCUT2D eigenvalue weighted by Gasteiger charge is 2.05. The Morgan fingerprint density at radius 1 is 0.650 bits per heavy atom. The summed E-state index contributed by atoms with van der Waals surface area (Å²) in [5.74, 6) is 0. The van der Waals surface area contributed by atoms with Gasteiger partial charge in [0.15, 0.2) is 0 Å². The van der Waals surface area contributed by atoms with Crippen LogP contribution >= 0.6 is 0 Å². The molecule has 0 atom stereocenters. The van der Waals surface area contributed by atoms with E-state index in [1.54, 1.807) is 0 Å². The van der Waals surface area contributed by atoms with Crippen molar-refractivity contribution in [3.8, 4) is 0 Å². The van der Waals surface area contributed by atoms with E-state index in [9.17, 15) is 0 Å². The summed E-state index contributed by atoms with van der Waals surface area (Å²) in [7, 11) is 0. The van der Waals surface area contributed by atoms with E-state index in [1.165, 1.54) is 32.3 Å². The molecule has 0 aliphatic carbocycles. The summed E-state index contributed by atoms with van der Waals surface area (Å²) in [6, 6.07) is 23.9. The Morgan fingerprint density at radius 3 is 2.10 bits per heavy atom. The fourth-order valence-corrected chi connectivity index (χ4v) is 2.97. The topological polar surface area (TPSA) is 0 Å². The zero-order valence-corrected chi connectivity index (χ0v) is 11.1. The molecule has 0 spiro atoms. The average Bonchev–Trinajstić information content (AvgIpc) is 2.53. The fourth-order valence-electron chi connectivity index (χ4n) is 2.97. The zero-order chi connectivity index (χ0) is 13.5. The summed E-state index contributed by atoms with van der Waals surface area (Å²) in [6.45, 7) is 3.88. The van der Waals surface area contributed by atoms with Crippen molar-refractivity contribution >= 4 is 38.4 Å². The maximum atomic E-state index is 3.88. The van der Waals surface area contributed by atoms with Gasteiger partial charge in [-0.15, -0.1) is 0 Å². The lowest BCUT2D eigenvalue weighted by Crippen LogP contribution is -1.82. The minimum absolute atomic E-state index is 1.16. The predicted octanol–water partition coefficient (Wildman–Crippen LogP) is 5.79. The molecule has 94 valence electrons. The van der Waals surface area contributed by atoms with Gasteiger partial charge < -0.3 is 0 Å². The summed E-state index contributed by atoms with van der Waals surface area (Å²) < 4.78 is 0. The lowest BCUT2D eigenvalue weighted by atomic mass is 9.95. The van der Waals surface area contributed by atoms with E-state index in [4.69, 9.17) is 0 Å². The first-order valence-electron chi connectivity index (χ1n) is 6.83. The van der Waals surface area contributed by atoms with Crippen molar-refractivity contribution in [1.29, 1.82) is 0 Å². The third-order valence-electron chi connectivity index (χ3n) is 3.99. The van der Waals surface area contributed by atoms with Crippen molar-refractivity contribution in [3.05, 3.63) is 78.9 Å². The number of hydrogen-bond acceptors (Lipinski definition) is 0.